The average Bonchev–Trinajstić information content (AvgIpc) is 1.87. The van der Waals surface area contributed by atoms with Gasteiger partial charge in [-0.1, -0.05) is 11.1 Å². The molecule has 0 saturated heterocycles. The van der Waals surface area contributed by atoms with Crippen molar-refractivity contribution < 1.29 is 13.5 Å². The van der Waals surface area contributed by atoms with E-state index in [1.807, 2.05) is 13.8 Å². The van der Waals surface area contributed by atoms with Gasteiger partial charge in [-0.3, -0.25) is 4.21 Å². The number of halogens is 2. The van der Waals surface area contributed by atoms with Crippen LogP contribution in [0.2, 0.25) is 0 Å². The molecule has 0 fully saturated rings. The number of hydrogen-bond acceptors (Lipinski definition) is 4. The van der Waals surface area contributed by atoms with E-state index in [-0.39, 0.29) is 30.3 Å². The van der Waals surface area contributed by atoms with Gasteiger partial charge < -0.3 is 15.0 Å². The van der Waals surface area contributed by atoms with Gasteiger partial charge in [-0.05, 0) is 13.8 Å². The molecule has 0 aromatic rings. The van der Waals surface area contributed by atoms with E-state index < -0.39 is 11.1 Å². The molecule has 0 aromatic carbocycles. The summed E-state index contributed by atoms with van der Waals surface area (Å²) in [6, 6.07) is 0. The van der Waals surface area contributed by atoms with Crippen molar-refractivity contribution in [2.75, 3.05) is 18.2 Å². The molecular weight excluding hydrogens is 237 g/mol. The third-order valence-corrected chi connectivity index (χ3v) is 1.62. The molecule has 84 valence electrons. The number of ether oxygens (including phenoxy) is 1. The average molecular weight is 253 g/mol. The zero-order valence-electron chi connectivity index (χ0n) is 7.70. The molecule has 4 nitrogen and oxygen atoms in total. The van der Waals surface area contributed by atoms with Gasteiger partial charge in [-0.15, -0.1) is 24.0 Å². The summed E-state index contributed by atoms with van der Waals surface area (Å²) in [5.74, 6) is 0.248. The highest BCUT2D eigenvalue weighted by Crippen LogP contribution is 1.76. The van der Waals surface area contributed by atoms with Crippen LogP contribution in [0.1, 0.15) is 13.8 Å². The topological polar surface area (TPSA) is 75.4 Å². The van der Waals surface area contributed by atoms with E-state index in [1.54, 1.807) is 0 Å². The van der Waals surface area contributed by atoms with Crippen LogP contribution in [-0.2, 0) is 15.8 Å². The molecule has 0 heterocycles. The van der Waals surface area contributed by atoms with Crippen molar-refractivity contribution in [3.8, 4) is 0 Å². The molecule has 0 amide bonds. The summed E-state index contributed by atoms with van der Waals surface area (Å²) in [6.45, 7) is 4.44. The van der Waals surface area contributed by atoms with E-state index in [1.165, 1.54) is 0 Å². The van der Waals surface area contributed by atoms with Crippen LogP contribution < -0.4 is 5.73 Å². The lowest BCUT2D eigenvalue weighted by molar-refractivity contribution is 0.0814. The predicted octanol–water partition coefficient (Wildman–Crippen LogP) is 0.854. The maximum absolute atomic E-state index is 9.51. The van der Waals surface area contributed by atoms with Gasteiger partial charge in [0.25, 0.3) is 0 Å². The van der Waals surface area contributed by atoms with Gasteiger partial charge in [0, 0.05) is 18.2 Å². The molecule has 0 spiro atoms. The molecule has 0 aliphatic heterocycles. The van der Waals surface area contributed by atoms with E-state index in [4.69, 9.17) is 22.1 Å². The van der Waals surface area contributed by atoms with Gasteiger partial charge in [-0.25, -0.2) is 0 Å². The van der Waals surface area contributed by atoms with Crippen LogP contribution in [-0.4, -0.2) is 33.2 Å². The second-order valence-corrected chi connectivity index (χ2v) is 3.25. The Hall–Kier alpha value is 0.610. The van der Waals surface area contributed by atoms with Gasteiger partial charge in [0.1, 0.15) is 6.23 Å². The summed E-state index contributed by atoms with van der Waals surface area (Å²) in [5.41, 5.74) is 5.18. The molecule has 2 atom stereocenters. The number of rotatable bonds is 4. The van der Waals surface area contributed by atoms with Crippen LogP contribution in [0.4, 0.5) is 0 Å². The number of nitrogens with two attached hydrogens (primary N) is 1. The molecule has 0 bridgehead atoms. The second-order valence-electron chi connectivity index (χ2n) is 1.86. The zero-order valence-corrected chi connectivity index (χ0v) is 10.1. The molecule has 0 rings (SSSR count). The minimum atomic E-state index is -1.95. The Labute approximate surface area is 92.9 Å². The number of hydrogen-bond donors (Lipinski definition) is 1. The second kappa shape index (κ2) is 15.1. The Morgan fingerprint density at radius 3 is 2.15 bits per heavy atom. The Kier molecular flexibility index (Phi) is 22.3. The predicted molar refractivity (Wildman–Crippen MR) is 57.0 cm³/mol. The monoisotopic (exact) mass is 252 g/mol. The molecule has 2 unspecified atom stereocenters. The standard InChI is InChI=1S/C4H11NO.C2H5ClO2S.ClH/c1-3-6-4(2)5;3-1-2-6(4)5;/h4H,3,5H2,1-2H3;1-2H2,(H,4,5);1H/p-1. The van der Waals surface area contributed by atoms with Crippen molar-refractivity contribution >= 4 is 35.1 Å². The summed E-state index contributed by atoms with van der Waals surface area (Å²) in [5, 5.41) is 0. The lowest BCUT2D eigenvalue weighted by atomic mass is 10.7. The van der Waals surface area contributed by atoms with E-state index >= 15 is 0 Å². The lowest BCUT2D eigenvalue weighted by Gasteiger charge is -2.00. The third kappa shape index (κ3) is 32.5. The molecular formula is C6H16Cl2NO3S-. The SMILES string of the molecule is CCOC(C)N.Cl.O=S([O-])CCCl. The normalized spacial score (nSPS) is 13.3. The fraction of sp³-hybridized carbons (Fsp3) is 1.00. The first kappa shape index (κ1) is 19.2. The molecule has 0 aromatic heterocycles. The van der Waals surface area contributed by atoms with Crippen LogP contribution >= 0.6 is 24.0 Å². The summed E-state index contributed by atoms with van der Waals surface area (Å²) >= 11 is 3.06. The van der Waals surface area contributed by atoms with Gasteiger partial charge in [0.2, 0.25) is 0 Å². The van der Waals surface area contributed by atoms with Gasteiger partial charge in [-0.2, -0.15) is 0 Å². The minimum Gasteiger partial charge on any atom is -0.772 e. The van der Waals surface area contributed by atoms with Crippen molar-refractivity contribution in [1.82, 2.24) is 0 Å². The Balaban J connectivity index is -0.000000143. The van der Waals surface area contributed by atoms with Crippen molar-refractivity contribution in [3.63, 3.8) is 0 Å². The summed E-state index contributed by atoms with van der Waals surface area (Å²) in [6.07, 6.45) is -0.102. The summed E-state index contributed by atoms with van der Waals surface area (Å²) < 4.78 is 23.8. The summed E-state index contributed by atoms with van der Waals surface area (Å²) in [7, 11) is 0. The molecule has 0 aliphatic carbocycles. The highest BCUT2D eigenvalue weighted by Gasteiger charge is 1.83. The van der Waals surface area contributed by atoms with E-state index in [0.29, 0.717) is 6.61 Å². The van der Waals surface area contributed by atoms with E-state index in [9.17, 15) is 8.76 Å². The zero-order chi connectivity index (χ0) is 9.98. The quantitative estimate of drug-likeness (QED) is 0.458. The van der Waals surface area contributed by atoms with Gasteiger partial charge >= 0.3 is 0 Å². The van der Waals surface area contributed by atoms with E-state index in [2.05, 4.69) is 0 Å². The largest absolute Gasteiger partial charge is 0.772 e. The van der Waals surface area contributed by atoms with Gasteiger partial charge in [0.15, 0.2) is 0 Å². The van der Waals surface area contributed by atoms with Crippen LogP contribution in [0, 0.1) is 0 Å². The first-order valence-corrected chi connectivity index (χ1v) is 5.31. The van der Waals surface area contributed by atoms with Crippen LogP contribution in [0.3, 0.4) is 0 Å². The van der Waals surface area contributed by atoms with Crippen molar-refractivity contribution in [2.45, 2.75) is 20.1 Å². The third-order valence-electron chi connectivity index (χ3n) is 0.673. The Morgan fingerprint density at radius 2 is 2.15 bits per heavy atom. The molecule has 0 saturated carbocycles. The molecule has 2 N–H and O–H groups in total. The maximum Gasteiger partial charge on any atom is 0.102 e. The molecule has 13 heavy (non-hydrogen) atoms. The first-order valence-electron chi connectivity index (χ1n) is 3.53. The maximum atomic E-state index is 9.51. The van der Waals surface area contributed by atoms with Crippen molar-refractivity contribution in [2.24, 2.45) is 5.73 Å². The van der Waals surface area contributed by atoms with Crippen molar-refractivity contribution in [1.29, 1.82) is 0 Å². The van der Waals surface area contributed by atoms with Crippen LogP contribution in [0.15, 0.2) is 0 Å². The van der Waals surface area contributed by atoms with E-state index in [0.717, 1.165) is 0 Å². The van der Waals surface area contributed by atoms with Crippen LogP contribution in [0.5, 0.6) is 0 Å². The summed E-state index contributed by atoms with van der Waals surface area (Å²) in [4.78, 5) is 0. The van der Waals surface area contributed by atoms with Crippen molar-refractivity contribution in [3.05, 3.63) is 0 Å². The minimum absolute atomic E-state index is 0. The first-order chi connectivity index (χ1) is 5.54. The number of alkyl halides is 1. The highest BCUT2D eigenvalue weighted by molar-refractivity contribution is 7.79. The molecule has 0 radical (unpaired) electrons. The molecule has 7 heteroatoms. The smallest absolute Gasteiger partial charge is 0.102 e. The fourth-order valence-electron chi connectivity index (χ4n) is 0.326. The highest BCUT2D eigenvalue weighted by atomic mass is 35.5. The Bertz CT molecular complexity index is 116. The Morgan fingerprint density at radius 1 is 1.69 bits per heavy atom. The van der Waals surface area contributed by atoms with Gasteiger partial charge in [0.05, 0.1) is 0 Å². The van der Waals surface area contributed by atoms with Crippen LogP contribution in [0.25, 0.3) is 0 Å². The fourth-order valence-corrected chi connectivity index (χ4v) is 0.830. The molecule has 0 aliphatic rings. The lowest BCUT2D eigenvalue weighted by Crippen LogP contribution is -2.18.